The normalized spacial score (nSPS) is 16.9. The molecule has 0 fully saturated rings. The molecule has 1 nitrogen and oxygen atoms in total. The molecule has 92 valence electrons. The van der Waals surface area contributed by atoms with Crippen molar-refractivity contribution < 1.29 is 0 Å². The highest BCUT2D eigenvalue weighted by atomic mass is 14.9. The summed E-state index contributed by atoms with van der Waals surface area (Å²) in [5.41, 5.74) is 8.34. The first kappa shape index (κ1) is 10.8. The van der Waals surface area contributed by atoms with Crippen molar-refractivity contribution in [1.82, 2.24) is 5.32 Å². The Morgan fingerprint density at radius 3 is 2.37 bits per heavy atom. The van der Waals surface area contributed by atoms with Crippen molar-refractivity contribution >= 4 is 11.1 Å². The first-order valence-electron chi connectivity index (χ1n) is 6.75. The minimum Gasteiger partial charge on any atom is -0.309 e. The van der Waals surface area contributed by atoms with E-state index in [1.807, 2.05) is 0 Å². The molecule has 4 rings (SSSR count). The van der Waals surface area contributed by atoms with E-state index in [1.54, 1.807) is 0 Å². The summed E-state index contributed by atoms with van der Waals surface area (Å²) in [5, 5.41) is 3.46. The lowest BCUT2D eigenvalue weighted by atomic mass is 9.97. The molecule has 0 radical (unpaired) electrons. The summed E-state index contributed by atoms with van der Waals surface area (Å²) >= 11 is 0. The van der Waals surface area contributed by atoms with Crippen molar-refractivity contribution in [1.29, 1.82) is 0 Å². The summed E-state index contributed by atoms with van der Waals surface area (Å²) in [6.07, 6.45) is 2.31. The van der Waals surface area contributed by atoms with E-state index < -0.39 is 0 Å². The van der Waals surface area contributed by atoms with Crippen LogP contribution in [-0.2, 0) is 0 Å². The van der Waals surface area contributed by atoms with E-state index in [0.717, 1.165) is 13.1 Å². The topological polar surface area (TPSA) is 12.0 Å². The van der Waals surface area contributed by atoms with Gasteiger partial charge >= 0.3 is 0 Å². The van der Waals surface area contributed by atoms with Crippen molar-refractivity contribution in [2.75, 3.05) is 13.1 Å². The lowest BCUT2D eigenvalue weighted by Crippen LogP contribution is -2.21. The van der Waals surface area contributed by atoms with E-state index in [-0.39, 0.29) is 0 Å². The van der Waals surface area contributed by atoms with Crippen LogP contribution < -0.4 is 5.32 Å². The van der Waals surface area contributed by atoms with Crippen LogP contribution in [0.1, 0.15) is 16.7 Å². The fraction of sp³-hybridized carbons (Fsp3) is 0.111. The molecule has 0 amide bonds. The molecular formula is C18H15N. The molecule has 0 spiro atoms. The molecule has 2 aromatic carbocycles. The van der Waals surface area contributed by atoms with Crippen LogP contribution in [0.25, 0.3) is 11.1 Å². The van der Waals surface area contributed by atoms with Crippen molar-refractivity contribution in [2.45, 2.75) is 0 Å². The van der Waals surface area contributed by atoms with Gasteiger partial charge in [-0.05, 0) is 33.4 Å². The standard InChI is InChI=1S/C18H15N/c1-2-6-13(7-3-1)18-16-9-5-4-8-14(16)15-10-11-19-12-17(15)18/h1-10,19H,11-12H2. The van der Waals surface area contributed by atoms with E-state index in [1.165, 1.54) is 33.4 Å². The van der Waals surface area contributed by atoms with Crippen LogP contribution in [0.5, 0.6) is 0 Å². The van der Waals surface area contributed by atoms with E-state index in [2.05, 4.69) is 66.0 Å². The third kappa shape index (κ3) is 1.59. The maximum absolute atomic E-state index is 3.46. The first-order valence-corrected chi connectivity index (χ1v) is 6.75. The van der Waals surface area contributed by atoms with Crippen LogP contribution in [0.15, 0.2) is 66.2 Å². The Kier molecular flexibility index (Phi) is 2.39. The van der Waals surface area contributed by atoms with Crippen molar-refractivity contribution in [3.05, 3.63) is 82.9 Å². The minimum atomic E-state index is 0.963. The van der Waals surface area contributed by atoms with Crippen LogP contribution in [0.3, 0.4) is 0 Å². The van der Waals surface area contributed by atoms with Gasteiger partial charge in [-0.1, -0.05) is 60.7 Å². The van der Waals surface area contributed by atoms with Gasteiger partial charge in [0.15, 0.2) is 0 Å². The molecule has 2 aliphatic rings. The second-order valence-corrected chi connectivity index (χ2v) is 5.01. The van der Waals surface area contributed by atoms with Gasteiger partial charge < -0.3 is 5.32 Å². The van der Waals surface area contributed by atoms with Crippen LogP contribution in [0.2, 0.25) is 0 Å². The maximum Gasteiger partial charge on any atom is 0.0220 e. The molecule has 0 saturated carbocycles. The Morgan fingerprint density at radius 1 is 0.789 bits per heavy atom. The van der Waals surface area contributed by atoms with E-state index in [4.69, 9.17) is 0 Å². The second-order valence-electron chi connectivity index (χ2n) is 5.01. The summed E-state index contributed by atoms with van der Waals surface area (Å²) in [6.45, 7) is 1.93. The molecule has 2 aromatic rings. The average Bonchev–Trinajstić information content (AvgIpc) is 2.83. The van der Waals surface area contributed by atoms with Gasteiger partial charge in [-0.2, -0.15) is 0 Å². The Labute approximate surface area is 113 Å². The highest BCUT2D eigenvalue weighted by Crippen LogP contribution is 2.44. The number of fused-ring (bicyclic) bond motifs is 3. The zero-order valence-corrected chi connectivity index (χ0v) is 10.7. The van der Waals surface area contributed by atoms with E-state index >= 15 is 0 Å². The fourth-order valence-corrected chi connectivity index (χ4v) is 3.12. The SMILES string of the molecule is C1=C2C(=C(c3ccccc3)c3ccccc32)CNC1. The largest absolute Gasteiger partial charge is 0.309 e. The fourth-order valence-electron chi connectivity index (χ4n) is 3.12. The van der Waals surface area contributed by atoms with Gasteiger partial charge in [0.25, 0.3) is 0 Å². The number of nitrogens with one attached hydrogen (secondary N) is 1. The van der Waals surface area contributed by atoms with Crippen molar-refractivity contribution in [2.24, 2.45) is 0 Å². The van der Waals surface area contributed by atoms with Crippen LogP contribution in [0.4, 0.5) is 0 Å². The number of hydrogen-bond acceptors (Lipinski definition) is 1. The van der Waals surface area contributed by atoms with Gasteiger partial charge in [0.05, 0.1) is 0 Å². The molecule has 0 aromatic heterocycles. The van der Waals surface area contributed by atoms with E-state index in [9.17, 15) is 0 Å². The van der Waals surface area contributed by atoms with Gasteiger partial charge in [-0.15, -0.1) is 0 Å². The lowest BCUT2D eigenvalue weighted by Gasteiger charge is -2.15. The smallest absolute Gasteiger partial charge is 0.0220 e. The first-order chi connectivity index (χ1) is 9.45. The van der Waals surface area contributed by atoms with Gasteiger partial charge in [0.1, 0.15) is 0 Å². The Hall–Kier alpha value is -2.12. The van der Waals surface area contributed by atoms with Crippen molar-refractivity contribution in [3.8, 4) is 0 Å². The second kappa shape index (κ2) is 4.22. The molecule has 19 heavy (non-hydrogen) atoms. The Balaban J connectivity index is 2.02. The quantitative estimate of drug-likeness (QED) is 0.811. The molecule has 1 aliphatic heterocycles. The molecule has 0 bridgehead atoms. The molecule has 0 atom stereocenters. The molecule has 1 N–H and O–H groups in total. The van der Waals surface area contributed by atoms with Crippen LogP contribution in [0, 0.1) is 0 Å². The van der Waals surface area contributed by atoms with Crippen LogP contribution in [-0.4, -0.2) is 13.1 Å². The maximum atomic E-state index is 3.46. The summed E-state index contributed by atoms with van der Waals surface area (Å²) < 4.78 is 0. The monoisotopic (exact) mass is 245 g/mol. The third-order valence-electron chi connectivity index (χ3n) is 3.93. The lowest BCUT2D eigenvalue weighted by molar-refractivity contribution is 0.814. The summed E-state index contributed by atoms with van der Waals surface area (Å²) in [7, 11) is 0. The van der Waals surface area contributed by atoms with Crippen molar-refractivity contribution in [3.63, 3.8) is 0 Å². The highest BCUT2D eigenvalue weighted by molar-refractivity contribution is 6.05. The average molecular weight is 245 g/mol. The molecular weight excluding hydrogens is 230 g/mol. The number of hydrogen-bond donors (Lipinski definition) is 1. The molecule has 1 aliphatic carbocycles. The Morgan fingerprint density at radius 2 is 1.53 bits per heavy atom. The third-order valence-corrected chi connectivity index (χ3v) is 3.93. The van der Waals surface area contributed by atoms with Gasteiger partial charge in [-0.25, -0.2) is 0 Å². The summed E-state index contributed by atoms with van der Waals surface area (Å²) in [6, 6.07) is 19.5. The number of benzene rings is 2. The summed E-state index contributed by atoms with van der Waals surface area (Å²) in [4.78, 5) is 0. The number of rotatable bonds is 1. The van der Waals surface area contributed by atoms with Gasteiger partial charge in [-0.3, -0.25) is 0 Å². The molecule has 1 heterocycles. The predicted octanol–water partition coefficient (Wildman–Crippen LogP) is 3.49. The van der Waals surface area contributed by atoms with E-state index in [0.29, 0.717) is 0 Å². The van der Waals surface area contributed by atoms with Gasteiger partial charge in [0.2, 0.25) is 0 Å². The molecule has 1 heteroatoms. The van der Waals surface area contributed by atoms with Crippen LogP contribution >= 0.6 is 0 Å². The molecule has 0 saturated heterocycles. The highest BCUT2D eigenvalue weighted by Gasteiger charge is 2.27. The predicted molar refractivity (Wildman–Crippen MR) is 79.8 cm³/mol. The minimum absolute atomic E-state index is 0.963. The summed E-state index contributed by atoms with van der Waals surface area (Å²) in [5.74, 6) is 0. The zero-order chi connectivity index (χ0) is 12.7. The molecule has 0 unspecified atom stereocenters. The Bertz CT molecular complexity index is 693. The zero-order valence-electron chi connectivity index (χ0n) is 10.7. The van der Waals surface area contributed by atoms with Gasteiger partial charge in [0, 0.05) is 13.1 Å².